The smallest absolute Gasteiger partial charge is 0.107 e. The first-order valence-electron chi connectivity index (χ1n) is 7.14. The standard InChI is InChI=1S/C14H31NO/c1-5-9-11-13(12-10-6-2)15(8-4)14(16)7-3/h13-14,16H,5-12H2,1-4H3. The van der Waals surface area contributed by atoms with Gasteiger partial charge in [-0.25, -0.2) is 0 Å². The van der Waals surface area contributed by atoms with Crippen molar-refractivity contribution in [2.24, 2.45) is 0 Å². The quantitative estimate of drug-likeness (QED) is 0.576. The van der Waals surface area contributed by atoms with Crippen LogP contribution in [0.15, 0.2) is 0 Å². The average Bonchev–Trinajstić information content (AvgIpc) is 2.32. The summed E-state index contributed by atoms with van der Waals surface area (Å²) in [5.41, 5.74) is 0. The van der Waals surface area contributed by atoms with E-state index in [-0.39, 0.29) is 6.23 Å². The Balaban J connectivity index is 4.29. The first-order chi connectivity index (χ1) is 7.71. The van der Waals surface area contributed by atoms with Crippen molar-refractivity contribution in [2.75, 3.05) is 6.54 Å². The van der Waals surface area contributed by atoms with Crippen LogP contribution in [0.2, 0.25) is 0 Å². The molecule has 0 amide bonds. The number of hydrogen-bond donors (Lipinski definition) is 1. The Bertz CT molecular complexity index is 142. The van der Waals surface area contributed by atoms with Crippen molar-refractivity contribution in [2.45, 2.75) is 84.9 Å². The highest BCUT2D eigenvalue weighted by molar-refractivity contribution is 4.72. The van der Waals surface area contributed by atoms with Crippen molar-refractivity contribution in [3.05, 3.63) is 0 Å². The highest BCUT2D eigenvalue weighted by atomic mass is 16.3. The lowest BCUT2D eigenvalue weighted by Gasteiger charge is -2.34. The molecule has 0 aromatic rings. The molecule has 1 N–H and O–H groups in total. The van der Waals surface area contributed by atoms with Crippen LogP contribution in [0.3, 0.4) is 0 Å². The predicted octanol–water partition coefficient (Wildman–Crippen LogP) is 3.79. The van der Waals surface area contributed by atoms with Gasteiger partial charge in [-0.15, -0.1) is 0 Å². The molecule has 1 unspecified atom stereocenters. The molecule has 0 aromatic heterocycles. The second-order valence-electron chi connectivity index (χ2n) is 4.66. The number of rotatable bonds is 10. The van der Waals surface area contributed by atoms with Gasteiger partial charge in [-0.3, -0.25) is 4.90 Å². The molecule has 0 saturated carbocycles. The van der Waals surface area contributed by atoms with Crippen LogP contribution in [-0.2, 0) is 0 Å². The molecular weight excluding hydrogens is 198 g/mol. The fourth-order valence-corrected chi connectivity index (χ4v) is 2.30. The van der Waals surface area contributed by atoms with Crippen LogP contribution in [-0.4, -0.2) is 28.8 Å². The lowest BCUT2D eigenvalue weighted by Crippen LogP contribution is -2.42. The summed E-state index contributed by atoms with van der Waals surface area (Å²) in [5.74, 6) is 0. The van der Waals surface area contributed by atoms with E-state index in [0.717, 1.165) is 13.0 Å². The van der Waals surface area contributed by atoms with E-state index in [4.69, 9.17) is 0 Å². The van der Waals surface area contributed by atoms with Crippen molar-refractivity contribution in [3.63, 3.8) is 0 Å². The summed E-state index contributed by atoms with van der Waals surface area (Å²) in [7, 11) is 0. The molecule has 16 heavy (non-hydrogen) atoms. The third kappa shape index (κ3) is 5.86. The average molecular weight is 229 g/mol. The van der Waals surface area contributed by atoms with Gasteiger partial charge >= 0.3 is 0 Å². The van der Waals surface area contributed by atoms with Gasteiger partial charge in [-0.1, -0.05) is 53.4 Å². The van der Waals surface area contributed by atoms with E-state index in [9.17, 15) is 5.11 Å². The molecule has 0 radical (unpaired) electrons. The van der Waals surface area contributed by atoms with E-state index in [1.165, 1.54) is 38.5 Å². The molecule has 0 fully saturated rings. The van der Waals surface area contributed by atoms with Gasteiger partial charge in [-0.2, -0.15) is 0 Å². The number of aliphatic hydroxyl groups is 1. The minimum atomic E-state index is -0.247. The molecule has 0 saturated heterocycles. The van der Waals surface area contributed by atoms with Crippen LogP contribution in [0.4, 0.5) is 0 Å². The Morgan fingerprint density at radius 1 is 0.938 bits per heavy atom. The summed E-state index contributed by atoms with van der Waals surface area (Å²) in [4.78, 5) is 2.28. The first-order valence-corrected chi connectivity index (χ1v) is 7.14. The van der Waals surface area contributed by atoms with E-state index in [1.807, 2.05) is 0 Å². The van der Waals surface area contributed by atoms with Crippen LogP contribution in [0.25, 0.3) is 0 Å². The van der Waals surface area contributed by atoms with Crippen LogP contribution < -0.4 is 0 Å². The molecule has 0 aromatic carbocycles. The van der Waals surface area contributed by atoms with Crippen LogP contribution in [0.1, 0.15) is 72.6 Å². The number of hydrogen-bond acceptors (Lipinski definition) is 2. The topological polar surface area (TPSA) is 23.5 Å². The monoisotopic (exact) mass is 229 g/mol. The SMILES string of the molecule is CCCCC(CCCC)N(CC)C(O)CC. The van der Waals surface area contributed by atoms with Crippen LogP contribution >= 0.6 is 0 Å². The van der Waals surface area contributed by atoms with Crippen LogP contribution in [0, 0.1) is 0 Å². The second-order valence-corrected chi connectivity index (χ2v) is 4.66. The van der Waals surface area contributed by atoms with Crippen molar-refractivity contribution < 1.29 is 5.11 Å². The van der Waals surface area contributed by atoms with Gasteiger partial charge in [0.1, 0.15) is 6.23 Å². The molecule has 0 aliphatic heterocycles. The third-order valence-corrected chi connectivity index (χ3v) is 3.36. The van der Waals surface area contributed by atoms with Gasteiger partial charge < -0.3 is 5.11 Å². The van der Waals surface area contributed by atoms with Gasteiger partial charge in [0.15, 0.2) is 0 Å². The minimum Gasteiger partial charge on any atom is -0.378 e. The molecule has 1 atom stereocenters. The molecular formula is C14H31NO. The molecule has 0 aliphatic rings. The minimum absolute atomic E-state index is 0.247. The Kier molecular flexibility index (Phi) is 10.0. The Morgan fingerprint density at radius 2 is 1.44 bits per heavy atom. The second kappa shape index (κ2) is 10.1. The van der Waals surface area contributed by atoms with Gasteiger partial charge in [0.2, 0.25) is 0 Å². The third-order valence-electron chi connectivity index (χ3n) is 3.36. The zero-order valence-corrected chi connectivity index (χ0v) is 11.7. The van der Waals surface area contributed by atoms with Crippen molar-refractivity contribution in [1.82, 2.24) is 4.90 Å². The largest absolute Gasteiger partial charge is 0.378 e. The highest BCUT2D eigenvalue weighted by Gasteiger charge is 2.21. The molecule has 0 rings (SSSR count). The van der Waals surface area contributed by atoms with E-state index in [0.29, 0.717) is 6.04 Å². The van der Waals surface area contributed by atoms with Gasteiger partial charge in [-0.05, 0) is 25.8 Å². The van der Waals surface area contributed by atoms with E-state index in [1.54, 1.807) is 0 Å². The van der Waals surface area contributed by atoms with Gasteiger partial charge in [0, 0.05) is 6.04 Å². The lowest BCUT2D eigenvalue weighted by atomic mass is 10.0. The molecule has 0 spiro atoms. The van der Waals surface area contributed by atoms with Crippen LogP contribution in [0.5, 0.6) is 0 Å². The Morgan fingerprint density at radius 3 is 1.75 bits per heavy atom. The molecule has 2 nitrogen and oxygen atoms in total. The summed E-state index contributed by atoms with van der Waals surface area (Å²) >= 11 is 0. The zero-order chi connectivity index (χ0) is 12.4. The number of unbranched alkanes of at least 4 members (excludes halogenated alkanes) is 2. The van der Waals surface area contributed by atoms with E-state index >= 15 is 0 Å². The summed E-state index contributed by atoms with van der Waals surface area (Å²) in [6, 6.07) is 0.583. The lowest BCUT2D eigenvalue weighted by molar-refractivity contribution is -0.0291. The zero-order valence-electron chi connectivity index (χ0n) is 11.7. The summed E-state index contributed by atoms with van der Waals surface area (Å²) < 4.78 is 0. The molecule has 0 aliphatic carbocycles. The maximum Gasteiger partial charge on any atom is 0.107 e. The summed E-state index contributed by atoms with van der Waals surface area (Å²) in [5, 5.41) is 10.0. The van der Waals surface area contributed by atoms with E-state index in [2.05, 4.69) is 32.6 Å². The summed E-state index contributed by atoms with van der Waals surface area (Å²) in [6.45, 7) is 9.66. The normalized spacial score (nSPS) is 13.7. The maximum absolute atomic E-state index is 10.0. The maximum atomic E-state index is 10.0. The highest BCUT2D eigenvalue weighted by Crippen LogP contribution is 2.18. The van der Waals surface area contributed by atoms with Gasteiger partial charge in [0.25, 0.3) is 0 Å². The van der Waals surface area contributed by atoms with Crippen molar-refractivity contribution in [3.8, 4) is 0 Å². The van der Waals surface area contributed by atoms with Crippen molar-refractivity contribution in [1.29, 1.82) is 0 Å². The Hall–Kier alpha value is -0.0800. The molecule has 2 heteroatoms. The first kappa shape index (κ1) is 15.9. The molecule has 98 valence electrons. The van der Waals surface area contributed by atoms with E-state index < -0.39 is 0 Å². The predicted molar refractivity (Wildman–Crippen MR) is 71.5 cm³/mol. The fraction of sp³-hybridized carbons (Fsp3) is 1.00. The van der Waals surface area contributed by atoms with Crippen molar-refractivity contribution >= 4 is 0 Å². The molecule has 0 heterocycles. The number of nitrogens with zero attached hydrogens (tertiary/aromatic N) is 1. The number of aliphatic hydroxyl groups excluding tert-OH is 1. The molecule has 0 bridgehead atoms. The summed E-state index contributed by atoms with van der Waals surface area (Å²) in [6.07, 6.45) is 8.13. The van der Waals surface area contributed by atoms with Gasteiger partial charge in [0.05, 0.1) is 0 Å². The Labute approximate surface area is 102 Å². The fourth-order valence-electron chi connectivity index (χ4n) is 2.30.